The van der Waals surface area contributed by atoms with Crippen molar-refractivity contribution in [1.29, 1.82) is 0 Å². The summed E-state index contributed by atoms with van der Waals surface area (Å²) in [5.74, 6) is -0.804. The van der Waals surface area contributed by atoms with Crippen LogP contribution in [0.4, 0.5) is 16.2 Å². The molecule has 2 fully saturated rings. The van der Waals surface area contributed by atoms with Crippen molar-refractivity contribution >= 4 is 29.2 Å². The molecule has 2 aliphatic rings. The van der Waals surface area contributed by atoms with Crippen LogP contribution < -0.4 is 15.5 Å². The van der Waals surface area contributed by atoms with Crippen LogP contribution in [0.15, 0.2) is 54.6 Å². The maximum absolute atomic E-state index is 12.8. The fraction of sp³-hybridized carbons (Fsp3) is 0.348. The average molecular weight is 422 g/mol. The molecule has 0 aromatic heterocycles. The monoisotopic (exact) mass is 422 g/mol. The van der Waals surface area contributed by atoms with E-state index in [1.165, 1.54) is 0 Å². The van der Waals surface area contributed by atoms with Crippen LogP contribution >= 0.6 is 0 Å². The van der Waals surface area contributed by atoms with E-state index >= 15 is 0 Å². The van der Waals surface area contributed by atoms with Crippen molar-refractivity contribution in [2.45, 2.75) is 25.4 Å². The van der Waals surface area contributed by atoms with E-state index in [-0.39, 0.29) is 5.91 Å². The number of nitrogens with zero attached hydrogens (tertiary/aromatic N) is 2. The lowest BCUT2D eigenvalue weighted by Crippen LogP contribution is -2.46. The second kappa shape index (κ2) is 9.18. The molecule has 31 heavy (non-hydrogen) atoms. The number of hydrogen-bond donors (Lipinski definition) is 2. The van der Waals surface area contributed by atoms with Gasteiger partial charge >= 0.3 is 6.03 Å². The van der Waals surface area contributed by atoms with Crippen LogP contribution in [0.2, 0.25) is 0 Å². The maximum Gasteiger partial charge on any atom is 0.325 e. The number of benzene rings is 2. The maximum atomic E-state index is 12.8. The minimum Gasteiger partial charge on any atom is -0.378 e. The van der Waals surface area contributed by atoms with Gasteiger partial charge in [-0.2, -0.15) is 0 Å². The number of imide groups is 1. The van der Waals surface area contributed by atoms with Gasteiger partial charge in [0.05, 0.1) is 13.2 Å². The Hall–Kier alpha value is -3.39. The Balaban J connectivity index is 1.37. The molecule has 0 bridgehead atoms. The number of amides is 4. The largest absolute Gasteiger partial charge is 0.378 e. The van der Waals surface area contributed by atoms with E-state index in [1.807, 2.05) is 54.6 Å². The molecule has 2 aliphatic heterocycles. The molecule has 4 rings (SSSR count). The number of rotatable bonds is 6. The summed E-state index contributed by atoms with van der Waals surface area (Å²) in [5, 5.41) is 5.49. The molecule has 162 valence electrons. The lowest BCUT2D eigenvalue weighted by atomic mass is 10.1. The molecule has 0 saturated carbocycles. The zero-order chi connectivity index (χ0) is 21.8. The molecule has 0 unspecified atom stereocenters. The van der Waals surface area contributed by atoms with Crippen LogP contribution in [0.1, 0.15) is 12.5 Å². The summed E-state index contributed by atoms with van der Waals surface area (Å²) < 4.78 is 5.37. The fourth-order valence-electron chi connectivity index (χ4n) is 3.84. The van der Waals surface area contributed by atoms with Gasteiger partial charge in [0.15, 0.2) is 0 Å². The van der Waals surface area contributed by atoms with Gasteiger partial charge in [-0.25, -0.2) is 4.79 Å². The predicted octanol–water partition coefficient (Wildman–Crippen LogP) is 2.01. The first kappa shape index (κ1) is 20.9. The highest BCUT2D eigenvalue weighted by molar-refractivity contribution is 6.09. The van der Waals surface area contributed by atoms with Gasteiger partial charge in [0.2, 0.25) is 5.91 Å². The van der Waals surface area contributed by atoms with Gasteiger partial charge in [0.1, 0.15) is 12.1 Å². The Labute approximate surface area is 181 Å². The standard InChI is InChI=1S/C23H26N4O4/c1-16(27-22(29)20(25-23(27)30)15-17-5-3-2-4-6-17)21(28)24-18-7-9-19(10-8-18)26-11-13-31-14-12-26/h2-10,16,20H,11-15H2,1H3,(H,24,28)(H,25,30)/t16-,20-/m1/s1. The fourth-order valence-corrected chi connectivity index (χ4v) is 3.84. The molecule has 0 aliphatic carbocycles. The first-order valence-corrected chi connectivity index (χ1v) is 10.4. The third kappa shape index (κ3) is 4.69. The summed E-state index contributed by atoms with van der Waals surface area (Å²) in [6.07, 6.45) is 0.388. The summed E-state index contributed by atoms with van der Waals surface area (Å²) in [7, 11) is 0. The number of anilines is 2. The summed E-state index contributed by atoms with van der Waals surface area (Å²) in [6, 6.07) is 14.8. The van der Waals surface area contributed by atoms with Crippen molar-refractivity contribution in [2.75, 3.05) is 36.5 Å². The van der Waals surface area contributed by atoms with Crippen molar-refractivity contribution in [1.82, 2.24) is 10.2 Å². The quantitative estimate of drug-likeness (QED) is 0.695. The number of morpholine rings is 1. The van der Waals surface area contributed by atoms with Crippen molar-refractivity contribution in [3.8, 4) is 0 Å². The highest BCUT2D eigenvalue weighted by Gasteiger charge is 2.42. The van der Waals surface area contributed by atoms with E-state index in [4.69, 9.17) is 4.74 Å². The molecule has 0 spiro atoms. The summed E-state index contributed by atoms with van der Waals surface area (Å²) in [6.45, 7) is 4.62. The highest BCUT2D eigenvalue weighted by atomic mass is 16.5. The zero-order valence-electron chi connectivity index (χ0n) is 17.4. The van der Waals surface area contributed by atoms with Crippen LogP contribution in [-0.2, 0) is 20.7 Å². The molecular formula is C23H26N4O4. The highest BCUT2D eigenvalue weighted by Crippen LogP contribution is 2.20. The molecule has 0 radical (unpaired) electrons. The molecule has 2 heterocycles. The van der Waals surface area contributed by atoms with Gasteiger partial charge in [-0.15, -0.1) is 0 Å². The first-order valence-electron chi connectivity index (χ1n) is 10.4. The SMILES string of the molecule is C[C@H](C(=O)Nc1ccc(N2CCOCC2)cc1)N1C(=O)N[C@H](Cc2ccccc2)C1=O. The summed E-state index contributed by atoms with van der Waals surface area (Å²) in [5.41, 5.74) is 2.62. The Morgan fingerprint density at radius 2 is 1.77 bits per heavy atom. The Morgan fingerprint density at radius 1 is 1.10 bits per heavy atom. The van der Waals surface area contributed by atoms with E-state index in [9.17, 15) is 14.4 Å². The molecular weight excluding hydrogens is 396 g/mol. The average Bonchev–Trinajstić information content (AvgIpc) is 3.07. The Morgan fingerprint density at radius 3 is 2.45 bits per heavy atom. The topological polar surface area (TPSA) is 91.0 Å². The molecule has 8 heteroatoms. The first-order chi connectivity index (χ1) is 15.0. The Bertz CT molecular complexity index is 942. The van der Waals surface area contributed by atoms with Gasteiger partial charge in [-0.05, 0) is 36.8 Å². The lowest BCUT2D eigenvalue weighted by molar-refractivity contribution is -0.133. The second-order valence-corrected chi connectivity index (χ2v) is 7.71. The van der Waals surface area contributed by atoms with Crippen LogP contribution in [0.5, 0.6) is 0 Å². The van der Waals surface area contributed by atoms with Crippen LogP contribution in [0.3, 0.4) is 0 Å². The van der Waals surface area contributed by atoms with Crippen LogP contribution in [0, 0.1) is 0 Å². The number of ether oxygens (including phenoxy) is 1. The van der Waals surface area contributed by atoms with E-state index in [2.05, 4.69) is 15.5 Å². The minimum absolute atomic E-state index is 0.388. The van der Waals surface area contributed by atoms with Gasteiger partial charge in [0, 0.05) is 30.9 Å². The molecule has 2 N–H and O–H groups in total. The van der Waals surface area contributed by atoms with Gasteiger partial charge in [0.25, 0.3) is 5.91 Å². The van der Waals surface area contributed by atoms with Crippen molar-refractivity contribution in [3.05, 3.63) is 60.2 Å². The number of carbonyl (C=O) groups excluding carboxylic acids is 3. The van der Waals surface area contributed by atoms with Crippen molar-refractivity contribution in [3.63, 3.8) is 0 Å². The minimum atomic E-state index is -0.924. The number of nitrogens with one attached hydrogen (secondary N) is 2. The normalized spacial score (nSPS) is 19.8. The number of carbonyl (C=O) groups is 3. The predicted molar refractivity (Wildman–Crippen MR) is 117 cm³/mol. The summed E-state index contributed by atoms with van der Waals surface area (Å²) in [4.78, 5) is 41.1. The van der Waals surface area contributed by atoms with E-state index in [0.717, 1.165) is 29.2 Å². The molecule has 2 atom stereocenters. The molecule has 4 amide bonds. The third-order valence-corrected chi connectivity index (χ3v) is 5.61. The van der Waals surface area contributed by atoms with Gasteiger partial charge in [-0.1, -0.05) is 30.3 Å². The smallest absolute Gasteiger partial charge is 0.325 e. The summed E-state index contributed by atoms with van der Waals surface area (Å²) >= 11 is 0. The molecule has 2 aromatic rings. The Kier molecular flexibility index (Phi) is 6.18. The van der Waals surface area contributed by atoms with Gasteiger partial charge in [-0.3, -0.25) is 14.5 Å². The molecule has 8 nitrogen and oxygen atoms in total. The van der Waals surface area contributed by atoms with E-state index in [1.54, 1.807) is 6.92 Å². The van der Waals surface area contributed by atoms with Crippen LogP contribution in [-0.4, -0.2) is 61.1 Å². The molecule has 2 saturated heterocycles. The van der Waals surface area contributed by atoms with Crippen molar-refractivity contribution < 1.29 is 19.1 Å². The van der Waals surface area contributed by atoms with Crippen LogP contribution in [0.25, 0.3) is 0 Å². The second-order valence-electron chi connectivity index (χ2n) is 7.71. The number of urea groups is 1. The van der Waals surface area contributed by atoms with E-state index < -0.39 is 24.0 Å². The van der Waals surface area contributed by atoms with E-state index in [0.29, 0.717) is 25.3 Å². The lowest BCUT2D eigenvalue weighted by Gasteiger charge is -2.29. The molecule has 2 aromatic carbocycles. The zero-order valence-corrected chi connectivity index (χ0v) is 17.4. The number of hydrogen-bond acceptors (Lipinski definition) is 5. The van der Waals surface area contributed by atoms with Gasteiger partial charge < -0.3 is 20.3 Å². The van der Waals surface area contributed by atoms with Crippen molar-refractivity contribution in [2.24, 2.45) is 0 Å². The third-order valence-electron chi connectivity index (χ3n) is 5.61.